The second-order valence-corrected chi connectivity index (χ2v) is 11.8. The molecule has 0 saturated carbocycles. The third-order valence-corrected chi connectivity index (χ3v) is 8.48. The van der Waals surface area contributed by atoms with Crippen molar-refractivity contribution in [3.63, 3.8) is 0 Å². The molecule has 0 aliphatic heterocycles. The Labute approximate surface area is 179 Å². The van der Waals surface area contributed by atoms with Crippen LogP contribution >= 0.6 is 33.3 Å². The number of aromatic hydroxyl groups is 1. The van der Waals surface area contributed by atoms with Gasteiger partial charge in [0.15, 0.2) is 0 Å². The molecule has 0 radical (unpaired) electrons. The third-order valence-electron chi connectivity index (χ3n) is 3.79. The fraction of sp³-hybridized carbons (Fsp3) is 0.556. The van der Waals surface area contributed by atoms with E-state index < -0.39 is 10.0 Å². The number of hydrogen-bond acceptors (Lipinski definition) is 8. The van der Waals surface area contributed by atoms with Crippen molar-refractivity contribution in [1.29, 1.82) is 0 Å². The van der Waals surface area contributed by atoms with Crippen LogP contribution in [0, 0.1) is 12.8 Å². The van der Waals surface area contributed by atoms with Gasteiger partial charge in [0.25, 0.3) is 0 Å². The van der Waals surface area contributed by atoms with Crippen molar-refractivity contribution >= 4 is 54.9 Å². The summed E-state index contributed by atoms with van der Waals surface area (Å²) >= 11 is 1.56. The molecule has 2 N–H and O–H groups in total. The van der Waals surface area contributed by atoms with Crippen molar-refractivity contribution in [3.05, 3.63) is 23.8 Å². The number of phenols is 1. The summed E-state index contributed by atoms with van der Waals surface area (Å²) in [6.45, 7) is 5.65. The average Bonchev–Trinajstić information content (AvgIpc) is 2.64. The molecule has 0 spiro atoms. The number of thioether (sulfide) groups is 1. The molecule has 1 rings (SSSR count). The van der Waals surface area contributed by atoms with Crippen LogP contribution in [0.5, 0.6) is 5.75 Å². The second-order valence-electron chi connectivity index (χ2n) is 6.18. The van der Waals surface area contributed by atoms with Crippen molar-refractivity contribution in [2.75, 3.05) is 29.6 Å². The van der Waals surface area contributed by atoms with E-state index in [1.165, 1.54) is 39.8 Å². The zero-order valence-corrected chi connectivity index (χ0v) is 19.5. The van der Waals surface area contributed by atoms with Crippen LogP contribution in [0.25, 0.3) is 0 Å². The van der Waals surface area contributed by atoms with Gasteiger partial charge in [-0.25, -0.2) is 13.1 Å². The molecule has 10 heteroatoms. The maximum atomic E-state index is 12.2. The molecule has 0 unspecified atom stereocenters. The van der Waals surface area contributed by atoms with Crippen molar-refractivity contribution in [3.8, 4) is 5.75 Å². The number of aryl methyl sites for hydroxylation is 1. The molecular formula is C18H27NO5S4. The van der Waals surface area contributed by atoms with E-state index in [9.17, 15) is 23.1 Å². The first kappa shape index (κ1) is 25.4. The van der Waals surface area contributed by atoms with Gasteiger partial charge in [-0.15, -0.1) is 0 Å². The maximum Gasteiger partial charge on any atom is 0.240 e. The maximum absolute atomic E-state index is 12.2. The van der Waals surface area contributed by atoms with Gasteiger partial charge in [-0.2, -0.15) is 11.8 Å². The minimum atomic E-state index is -3.63. The molecule has 6 nitrogen and oxygen atoms in total. The van der Waals surface area contributed by atoms with Crippen LogP contribution in [0.4, 0.5) is 0 Å². The summed E-state index contributed by atoms with van der Waals surface area (Å²) in [5.41, 5.74) is 0.493. The van der Waals surface area contributed by atoms with Crippen molar-refractivity contribution in [2.24, 2.45) is 5.92 Å². The molecule has 1 aromatic rings. The van der Waals surface area contributed by atoms with Crippen molar-refractivity contribution in [1.82, 2.24) is 4.72 Å². The molecule has 0 bridgehead atoms. The molecule has 0 saturated heterocycles. The zero-order valence-electron chi connectivity index (χ0n) is 16.3. The lowest BCUT2D eigenvalue weighted by atomic mass is 10.0. The van der Waals surface area contributed by atoms with Crippen molar-refractivity contribution in [2.45, 2.75) is 32.1 Å². The topological polar surface area (TPSA) is 101 Å². The number of benzene rings is 1. The Bertz CT molecular complexity index is 767. The van der Waals surface area contributed by atoms with E-state index in [1.807, 2.05) is 6.92 Å². The normalized spacial score (nSPS) is 12.7. The van der Waals surface area contributed by atoms with E-state index >= 15 is 0 Å². The Morgan fingerprint density at radius 2 is 1.93 bits per heavy atom. The minimum Gasteiger partial charge on any atom is -0.508 e. The van der Waals surface area contributed by atoms with Gasteiger partial charge in [0, 0.05) is 24.6 Å². The first-order chi connectivity index (χ1) is 13.2. The summed E-state index contributed by atoms with van der Waals surface area (Å²) in [7, 11) is -0.848. The lowest BCUT2D eigenvalue weighted by Gasteiger charge is -2.09. The number of ketones is 2. The average molecular weight is 466 g/mol. The van der Waals surface area contributed by atoms with E-state index in [2.05, 4.69) is 4.72 Å². The van der Waals surface area contributed by atoms with Gasteiger partial charge in [0.05, 0.1) is 16.4 Å². The summed E-state index contributed by atoms with van der Waals surface area (Å²) in [6, 6.07) is 4.12. The molecule has 0 aliphatic carbocycles. The highest BCUT2D eigenvalue weighted by atomic mass is 33.1. The van der Waals surface area contributed by atoms with Gasteiger partial charge in [0.2, 0.25) is 10.0 Å². The third kappa shape index (κ3) is 9.21. The first-order valence-corrected chi connectivity index (χ1v) is 14.0. The molecule has 0 fully saturated rings. The molecule has 0 heterocycles. The van der Waals surface area contributed by atoms with Gasteiger partial charge in [-0.3, -0.25) is 9.59 Å². The largest absolute Gasteiger partial charge is 0.508 e. The Balaban J connectivity index is 2.25. The van der Waals surface area contributed by atoms with Crippen LogP contribution in [-0.2, 0) is 19.6 Å². The number of Topliss-reactive ketones (excluding diaryl/α,β-unsaturated/α-hetero) is 2. The van der Waals surface area contributed by atoms with E-state index in [0.29, 0.717) is 22.8 Å². The SMILES string of the molecule is CCSCC(=O)[C@H](C)CC(=O)CSSCCNS(=O)(=O)c1ccc(O)c(C)c1. The van der Waals surface area contributed by atoms with Crippen LogP contribution in [0.3, 0.4) is 0 Å². The highest BCUT2D eigenvalue weighted by Gasteiger charge is 2.17. The fourth-order valence-corrected chi connectivity index (χ4v) is 5.94. The lowest BCUT2D eigenvalue weighted by molar-refractivity contribution is -0.124. The summed E-state index contributed by atoms with van der Waals surface area (Å²) < 4.78 is 26.9. The highest BCUT2D eigenvalue weighted by molar-refractivity contribution is 8.76. The lowest BCUT2D eigenvalue weighted by Crippen LogP contribution is -2.26. The monoisotopic (exact) mass is 465 g/mol. The number of carbonyl (C=O) groups is 2. The Kier molecular flexibility index (Phi) is 11.6. The molecule has 0 aliphatic rings. The molecule has 1 atom stereocenters. The molecule has 0 amide bonds. The van der Waals surface area contributed by atoms with Crippen molar-refractivity contribution < 1.29 is 23.1 Å². The molecule has 0 aromatic heterocycles. The Morgan fingerprint density at radius 3 is 2.57 bits per heavy atom. The first-order valence-electron chi connectivity index (χ1n) is 8.83. The summed E-state index contributed by atoms with van der Waals surface area (Å²) in [5.74, 6) is 2.08. The van der Waals surface area contributed by atoms with Gasteiger partial charge in [-0.1, -0.05) is 35.4 Å². The van der Waals surface area contributed by atoms with Crippen LogP contribution in [-0.4, -0.2) is 54.6 Å². The van der Waals surface area contributed by atoms with Crippen LogP contribution in [0.2, 0.25) is 0 Å². The smallest absolute Gasteiger partial charge is 0.240 e. The van der Waals surface area contributed by atoms with Gasteiger partial charge < -0.3 is 5.11 Å². The predicted molar refractivity (Wildman–Crippen MR) is 120 cm³/mol. The number of phenolic OH excluding ortho intramolecular Hbond substituents is 1. The predicted octanol–water partition coefficient (Wildman–Crippen LogP) is 3.28. The van der Waals surface area contributed by atoms with Crippen LogP contribution in [0.1, 0.15) is 25.8 Å². The number of carbonyl (C=O) groups excluding carboxylic acids is 2. The summed E-state index contributed by atoms with van der Waals surface area (Å²) in [6.07, 6.45) is 0.253. The Morgan fingerprint density at radius 1 is 1.21 bits per heavy atom. The zero-order chi connectivity index (χ0) is 21.2. The molecular weight excluding hydrogens is 438 g/mol. The van der Waals surface area contributed by atoms with Crippen LogP contribution in [0.15, 0.2) is 23.1 Å². The van der Waals surface area contributed by atoms with E-state index in [4.69, 9.17) is 0 Å². The molecule has 28 heavy (non-hydrogen) atoms. The second kappa shape index (κ2) is 12.8. The Hall–Kier alpha value is -0.680. The van der Waals surface area contributed by atoms with Gasteiger partial charge in [0.1, 0.15) is 17.3 Å². The van der Waals surface area contributed by atoms with Gasteiger partial charge >= 0.3 is 0 Å². The molecule has 158 valence electrons. The highest BCUT2D eigenvalue weighted by Crippen LogP contribution is 2.23. The number of rotatable bonds is 14. The number of hydrogen-bond donors (Lipinski definition) is 2. The van der Waals surface area contributed by atoms with Crippen LogP contribution < -0.4 is 4.72 Å². The standard InChI is InChI=1S/C18H27NO5S4/c1-4-25-12-18(22)13(2)9-15(20)11-27-26-8-7-19-28(23,24)16-5-6-17(21)14(3)10-16/h5-6,10,13,19,21H,4,7-9,11-12H2,1-3H3/t13-/m1/s1. The number of sulfonamides is 1. The van der Waals surface area contributed by atoms with E-state index in [1.54, 1.807) is 25.6 Å². The quantitative estimate of drug-likeness (QED) is 0.319. The minimum absolute atomic E-state index is 0.0278. The fourth-order valence-electron chi connectivity index (χ4n) is 2.12. The summed E-state index contributed by atoms with van der Waals surface area (Å²) in [5, 5.41) is 9.48. The van der Waals surface area contributed by atoms with Gasteiger partial charge in [-0.05, 0) is 36.4 Å². The van der Waals surface area contributed by atoms with E-state index in [0.717, 1.165) is 5.75 Å². The number of nitrogens with one attached hydrogen (secondary N) is 1. The molecule has 1 aromatic carbocycles. The summed E-state index contributed by atoms with van der Waals surface area (Å²) in [4.78, 5) is 23.9. The van der Waals surface area contributed by atoms with E-state index in [-0.39, 0.29) is 41.1 Å².